The maximum Gasteiger partial charge on any atom is 0.307 e. The number of carboxylic acids is 1. The van der Waals surface area contributed by atoms with Crippen LogP contribution in [-0.4, -0.2) is 85.3 Å². The first kappa shape index (κ1) is 19.4. The first-order chi connectivity index (χ1) is 11.0. The van der Waals surface area contributed by atoms with Crippen LogP contribution >= 0.6 is 0 Å². The lowest BCUT2D eigenvalue weighted by atomic mass is 10.4. The van der Waals surface area contributed by atoms with Crippen LogP contribution in [-0.2, 0) is 23.9 Å². The molecule has 0 aromatic heterocycles. The lowest BCUT2D eigenvalue weighted by Gasteiger charge is -2.06. The van der Waals surface area contributed by atoms with E-state index in [1.807, 2.05) is 0 Å². The lowest BCUT2D eigenvalue weighted by molar-refractivity contribution is -0.152. The number of nitrogens with zero attached hydrogens (tertiary/aromatic N) is 2. The van der Waals surface area contributed by atoms with Crippen molar-refractivity contribution < 1.29 is 29.0 Å². The largest absolute Gasteiger partial charge is 0.481 e. The average Bonchev–Trinajstić information content (AvgIpc) is 3.41. The van der Waals surface area contributed by atoms with Crippen molar-refractivity contribution in [3.63, 3.8) is 0 Å². The zero-order valence-corrected chi connectivity index (χ0v) is 13.7. The summed E-state index contributed by atoms with van der Waals surface area (Å²) in [4.78, 5) is 36.2. The average molecular weight is 330 g/mol. The third-order valence-corrected chi connectivity index (χ3v) is 3.26. The number of aliphatic carboxylic acids is 1. The highest BCUT2D eigenvalue weighted by atomic mass is 16.6. The van der Waals surface area contributed by atoms with Crippen molar-refractivity contribution in [2.45, 2.75) is 26.2 Å². The topological polar surface area (TPSA) is 95.9 Å². The molecule has 2 aliphatic heterocycles. The molecule has 2 rings (SSSR count). The number of rotatable bonds is 10. The molecular weight excluding hydrogens is 304 g/mol. The fraction of sp³-hybridized carbons (Fsp3) is 0.800. The van der Waals surface area contributed by atoms with Crippen molar-refractivity contribution in [1.29, 1.82) is 0 Å². The van der Waals surface area contributed by atoms with Gasteiger partial charge in [0.2, 0.25) is 0 Å². The van der Waals surface area contributed by atoms with Gasteiger partial charge >= 0.3 is 17.9 Å². The molecule has 8 heteroatoms. The molecule has 0 atom stereocenters. The Morgan fingerprint density at radius 1 is 0.870 bits per heavy atom. The summed E-state index contributed by atoms with van der Waals surface area (Å²) in [5.74, 6) is -1.19. The molecular formula is C15H26N2O6. The Kier molecular flexibility index (Phi) is 9.23. The smallest absolute Gasteiger partial charge is 0.307 e. The second kappa shape index (κ2) is 11.0. The van der Waals surface area contributed by atoms with Crippen LogP contribution in [0.4, 0.5) is 0 Å². The number of ether oxygens (including phenoxy) is 2. The van der Waals surface area contributed by atoms with E-state index >= 15 is 0 Å². The van der Waals surface area contributed by atoms with Crippen LogP contribution in [0.25, 0.3) is 0 Å². The molecule has 23 heavy (non-hydrogen) atoms. The lowest BCUT2D eigenvalue weighted by Crippen LogP contribution is -2.17. The number of carbonyl (C=O) groups is 3. The maximum absolute atomic E-state index is 11.2. The van der Waals surface area contributed by atoms with Gasteiger partial charge in [-0.15, -0.1) is 0 Å². The summed E-state index contributed by atoms with van der Waals surface area (Å²) in [5.41, 5.74) is 0. The first-order valence-corrected chi connectivity index (χ1v) is 7.99. The zero-order chi connectivity index (χ0) is 17.1. The molecule has 0 bridgehead atoms. The highest BCUT2D eigenvalue weighted by Crippen LogP contribution is 2.05. The second-order valence-electron chi connectivity index (χ2n) is 5.37. The summed E-state index contributed by atoms with van der Waals surface area (Å²) in [7, 11) is 0. The minimum Gasteiger partial charge on any atom is -0.481 e. The van der Waals surface area contributed by atoms with Gasteiger partial charge in [0.25, 0.3) is 0 Å². The minimum absolute atomic E-state index is 0.161. The van der Waals surface area contributed by atoms with Gasteiger partial charge in [-0.05, 0) is 0 Å². The van der Waals surface area contributed by atoms with Gasteiger partial charge in [-0.3, -0.25) is 14.4 Å². The van der Waals surface area contributed by atoms with Gasteiger partial charge in [0.15, 0.2) is 0 Å². The van der Waals surface area contributed by atoms with Gasteiger partial charge in [0, 0.05) is 45.7 Å². The Bertz CT molecular complexity index is 363. The number of carboxylic acid groups (broad SMARTS) is 1. The van der Waals surface area contributed by atoms with Crippen molar-refractivity contribution in [2.24, 2.45) is 0 Å². The van der Waals surface area contributed by atoms with E-state index in [-0.39, 0.29) is 31.6 Å². The van der Waals surface area contributed by atoms with E-state index in [4.69, 9.17) is 14.6 Å². The van der Waals surface area contributed by atoms with Crippen molar-refractivity contribution in [1.82, 2.24) is 9.80 Å². The quantitative estimate of drug-likeness (QED) is 0.339. The van der Waals surface area contributed by atoms with Crippen molar-refractivity contribution >= 4 is 17.9 Å². The Morgan fingerprint density at radius 2 is 1.22 bits per heavy atom. The second-order valence-corrected chi connectivity index (χ2v) is 5.37. The van der Waals surface area contributed by atoms with Gasteiger partial charge in [-0.2, -0.15) is 0 Å². The Balaban J connectivity index is 0.000000463. The van der Waals surface area contributed by atoms with Crippen LogP contribution in [0.1, 0.15) is 26.2 Å². The maximum atomic E-state index is 11.2. The van der Waals surface area contributed by atoms with Crippen molar-refractivity contribution in [3.8, 4) is 0 Å². The van der Waals surface area contributed by atoms with Crippen LogP contribution < -0.4 is 0 Å². The molecule has 0 saturated carbocycles. The van der Waals surface area contributed by atoms with E-state index < -0.39 is 5.97 Å². The van der Waals surface area contributed by atoms with Crippen LogP contribution in [0.2, 0.25) is 0 Å². The summed E-state index contributed by atoms with van der Waals surface area (Å²) < 4.78 is 9.91. The predicted molar refractivity (Wildman–Crippen MR) is 82.0 cm³/mol. The SMILES string of the molecule is CCC(=O)O.O=C(CCN1CC1)OCCOC(=O)CCN1CC1. The number of hydrogen-bond acceptors (Lipinski definition) is 7. The summed E-state index contributed by atoms with van der Waals surface area (Å²) >= 11 is 0. The molecule has 2 heterocycles. The fourth-order valence-corrected chi connectivity index (χ4v) is 1.54. The Labute approximate surface area is 136 Å². The molecule has 2 aliphatic rings. The molecule has 8 nitrogen and oxygen atoms in total. The third kappa shape index (κ3) is 12.5. The normalized spacial score (nSPS) is 16.0. The molecule has 0 spiro atoms. The highest BCUT2D eigenvalue weighted by molar-refractivity contribution is 5.70. The minimum atomic E-state index is -0.745. The van der Waals surface area contributed by atoms with Gasteiger partial charge in [-0.25, -0.2) is 0 Å². The molecule has 0 aliphatic carbocycles. The van der Waals surface area contributed by atoms with Crippen molar-refractivity contribution in [2.75, 3.05) is 52.5 Å². The number of esters is 2. The molecule has 1 N–H and O–H groups in total. The third-order valence-electron chi connectivity index (χ3n) is 3.26. The van der Waals surface area contributed by atoms with Gasteiger partial charge in [0.1, 0.15) is 13.2 Å². The standard InChI is InChI=1S/C12H20N2O4.C3H6O2/c15-11(1-3-13-5-6-13)17-9-10-18-12(16)2-4-14-7-8-14;1-2-3(4)5/h1-10H2;2H2,1H3,(H,4,5). The summed E-state index contributed by atoms with van der Waals surface area (Å²) in [5, 5.41) is 7.72. The van der Waals surface area contributed by atoms with Crippen LogP contribution in [0.15, 0.2) is 0 Å². The van der Waals surface area contributed by atoms with E-state index in [1.54, 1.807) is 6.92 Å². The van der Waals surface area contributed by atoms with Crippen LogP contribution in [0.3, 0.4) is 0 Å². The highest BCUT2D eigenvalue weighted by Gasteiger charge is 2.19. The molecule has 0 aromatic carbocycles. The van der Waals surface area contributed by atoms with Crippen LogP contribution in [0.5, 0.6) is 0 Å². The Hall–Kier alpha value is -1.67. The molecule has 132 valence electrons. The summed E-state index contributed by atoms with van der Waals surface area (Å²) in [6.07, 6.45) is 1.06. The molecule has 0 unspecified atom stereocenters. The fourth-order valence-electron chi connectivity index (χ4n) is 1.54. The van der Waals surface area contributed by atoms with Gasteiger partial charge in [0.05, 0.1) is 12.8 Å². The van der Waals surface area contributed by atoms with Gasteiger partial charge < -0.3 is 24.4 Å². The van der Waals surface area contributed by atoms with Gasteiger partial charge in [-0.1, -0.05) is 6.92 Å². The van der Waals surface area contributed by atoms with E-state index in [0.29, 0.717) is 12.8 Å². The summed E-state index contributed by atoms with van der Waals surface area (Å²) in [6, 6.07) is 0. The van der Waals surface area contributed by atoms with Crippen LogP contribution in [0, 0.1) is 0 Å². The molecule has 0 amide bonds. The Morgan fingerprint density at radius 3 is 1.48 bits per heavy atom. The van der Waals surface area contributed by atoms with E-state index in [9.17, 15) is 14.4 Å². The molecule has 2 fully saturated rings. The molecule has 2 saturated heterocycles. The van der Waals surface area contributed by atoms with E-state index in [2.05, 4.69) is 9.80 Å². The number of carbonyl (C=O) groups excluding carboxylic acids is 2. The monoisotopic (exact) mass is 330 g/mol. The number of hydrogen-bond donors (Lipinski definition) is 1. The van der Waals surface area contributed by atoms with E-state index in [1.165, 1.54) is 0 Å². The first-order valence-electron chi connectivity index (χ1n) is 7.99. The zero-order valence-electron chi connectivity index (χ0n) is 13.7. The van der Waals surface area contributed by atoms with Crippen molar-refractivity contribution in [3.05, 3.63) is 0 Å². The molecule has 0 aromatic rings. The van der Waals surface area contributed by atoms with E-state index in [0.717, 1.165) is 39.3 Å². The predicted octanol–water partition coefficient (Wildman–Crippen LogP) is -0.0348. The summed E-state index contributed by atoms with van der Waals surface area (Å²) in [6.45, 7) is 7.81. The molecule has 0 radical (unpaired) electrons.